The molecule has 0 aromatic carbocycles. The second kappa shape index (κ2) is 6.55. The van der Waals surface area contributed by atoms with E-state index in [1.165, 1.54) is 25.9 Å². The van der Waals surface area contributed by atoms with Crippen molar-refractivity contribution >= 4 is 0 Å². The molecule has 0 amide bonds. The van der Waals surface area contributed by atoms with Crippen molar-refractivity contribution in [3.8, 4) is 0 Å². The molecular formula is C18H36N2O. The topological polar surface area (TPSA) is 15.7 Å². The molecule has 2 saturated heterocycles. The van der Waals surface area contributed by atoms with E-state index >= 15 is 0 Å². The number of rotatable bonds is 4. The number of hydrogen-bond acceptors (Lipinski definition) is 3. The molecule has 124 valence electrons. The summed E-state index contributed by atoms with van der Waals surface area (Å²) in [6.45, 7) is 20.7. The molecule has 0 spiro atoms. The summed E-state index contributed by atoms with van der Waals surface area (Å²) in [6.07, 6.45) is 3.17. The summed E-state index contributed by atoms with van der Waals surface area (Å²) < 4.78 is 6.02. The average molecular weight is 296 g/mol. The minimum Gasteiger partial charge on any atom is -0.374 e. The summed E-state index contributed by atoms with van der Waals surface area (Å²) in [5, 5.41) is 0. The van der Waals surface area contributed by atoms with Gasteiger partial charge >= 0.3 is 0 Å². The fourth-order valence-corrected chi connectivity index (χ4v) is 3.46. The Kier molecular flexibility index (Phi) is 5.38. The quantitative estimate of drug-likeness (QED) is 0.792. The van der Waals surface area contributed by atoms with Gasteiger partial charge in [0.15, 0.2) is 0 Å². The molecule has 2 aliphatic rings. The molecule has 0 aliphatic carbocycles. The zero-order valence-corrected chi connectivity index (χ0v) is 15.1. The number of nitrogens with zero attached hydrogens (tertiary/aromatic N) is 2. The molecule has 2 heterocycles. The van der Waals surface area contributed by atoms with Crippen molar-refractivity contribution in [3.05, 3.63) is 0 Å². The normalized spacial score (nSPS) is 24.3. The van der Waals surface area contributed by atoms with Crippen molar-refractivity contribution in [2.45, 2.75) is 66.0 Å². The molecule has 0 aromatic rings. The molecule has 3 nitrogen and oxygen atoms in total. The SMILES string of the molecule is CC(C)(C)C1CCN(CCOC2CN(C(C)(C)C)C2)CC1. The lowest BCUT2D eigenvalue weighted by molar-refractivity contribution is -0.0927. The zero-order valence-electron chi connectivity index (χ0n) is 15.1. The molecule has 0 bridgehead atoms. The second-order valence-electron chi connectivity index (χ2n) is 9.05. The summed E-state index contributed by atoms with van der Waals surface area (Å²) >= 11 is 0. The minimum atomic E-state index is 0.300. The van der Waals surface area contributed by atoms with Crippen LogP contribution in [0.1, 0.15) is 54.4 Å². The van der Waals surface area contributed by atoms with Crippen LogP contribution in [-0.2, 0) is 4.74 Å². The van der Waals surface area contributed by atoms with Crippen molar-refractivity contribution in [1.82, 2.24) is 9.80 Å². The Balaban J connectivity index is 1.56. The van der Waals surface area contributed by atoms with E-state index < -0.39 is 0 Å². The van der Waals surface area contributed by atoms with Gasteiger partial charge in [0.1, 0.15) is 0 Å². The highest BCUT2D eigenvalue weighted by molar-refractivity contribution is 4.89. The number of ether oxygens (including phenoxy) is 1. The molecule has 21 heavy (non-hydrogen) atoms. The molecule has 0 unspecified atom stereocenters. The van der Waals surface area contributed by atoms with Gasteiger partial charge in [-0.2, -0.15) is 0 Å². The maximum Gasteiger partial charge on any atom is 0.0829 e. The fourth-order valence-electron chi connectivity index (χ4n) is 3.46. The number of hydrogen-bond donors (Lipinski definition) is 0. The fraction of sp³-hybridized carbons (Fsp3) is 1.00. The van der Waals surface area contributed by atoms with Crippen LogP contribution in [0.15, 0.2) is 0 Å². The van der Waals surface area contributed by atoms with E-state index in [0.29, 0.717) is 17.1 Å². The average Bonchev–Trinajstić information content (AvgIpc) is 2.29. The highest BCUT2D eigenvalue weighted by atomic mass is 16.5. The number of piperidine rings is 1. The molecule has 0 radical (unpaired) electrons. The largest absolute Gasteiger partial charge is 0.374 e. The molecule has 0 N–H and O–H groups in total. The minimum absolute atomic E-state index is 0.300. The van der Waals surface area contributed by atoms with Crippen molar-refractivity contribution in [3.63, 3.8) is 0 Å². The van der Waals surface area contributed by atoms with Crippen LogP contribution >= 0.6 is 0 Å². The van der Waals surface area contributed by atoms with Crippen LogP contribution in [-0.4, -0.2) is 60.8 Å². The Morgan fingerprint density at radius 1 is 0.952 bits per heavy atom. The maximum atomic E-state index is 6.02. The Labute approximate surface area is 132 Å². The van der Waals surface area contributed by atoms with Gasteiger partial charge in [-0.25, -0.2) is 0 Å². The van der Waals surface area contributed by atoms with Gasteiger partial charge < -0.3 is 9.64 Å². The third-order valence-electron chi connectivity index (χ3n) is 5.37. The second-order valence-corrected chi connectivity index (χ2v) is 9.05. The molecule has 2 rings (SSSR count). The lowest BCUT2D eigenvalue weighted by Gasteiger charge is -2.47. The Hall–Kier alpha value is -0.120. The lowest BCUT2D eigenvalue weighted by atomic mass is 9.75. The summed E-state index contributed by atoms with van der Waals surface area (Å²) in [5.41, 5.74) is 0.777. The van der Waals surface area contributed by atoms with Crippen molar-refractivity contribution in [2.75, 3.05) is 39.3 Å². The Morgan fingerprint density at radius 2 is 1.52 bits per heavy atom. The summed E-state index contributed by atoms with van der Waals surface area (Å²) in [6, 6.07) is 0. The van der Waals surface area contributed by atoms with E-state index in [1.54, 1.807) is 0 Å². The third-order valence-corrected chi connectivity index (χ3v) is 5.37. The van der Waals surface area contributed by atoms with Gasteiger partial charge in [0, 0.05) is 25.2 Å². The molecule has 3 heteroatoms. The van der Waals surface area contributed by atoms with Crippen molar-refractivity contribution in [1.29, 1.82) is 0 Å². The third kappa shape index (κ3) is 4.94. The standard InChI is InChI=1S/C18H36N2O/c1-17(2,3)15-7-9-19(10-8-15)11-12-21-16-13-20(14-16)18(4,5)6/h15-16H,7-14H2,1-6H3. The molecule has 0 atom stereocenters. The van der Waals surface area contributed by atoms with Gasteiger partial charge in [0.05, 0.1) is 12.7 Å². The highest BCUT2D eigenvalue weighted by Gasteiger charge is 2.35. The summed E-state index contributed by atoms with van der Waals surface area (Å²) in [7, 11) is 0. The maximum absolute atomic E-state index is 6.02. The molecule has 2 fully saturated rings. The van der Waals surface area contributed by atoms with Gasteiger partial charge in [-0.05, 0) is 58.0 Å². The van der Waals surface area contributed by atoms with Crippen LogP contribution in [0.25, 0.3) is 0 Å². The van der Waals surface area contributed by atoms with Crippen molar-refractivity contribution in [2.24, 2.45) is 11.3 Å². The monoisotopic (exact) mass is 296 g/mol. The molecular weight excluding hydrogens is 260 g/mol. The van der Waals surface area contributed by atoms with Gasteiger partial charge in [-0.15, -0.1) is 0 Å². The smallest absolute Gasteiger partial charge is 0.0829 e. The van der Waals surface area contributed by atoms with E-state index in [1.807, 2.05) is 0 Å². The van der Waals surface area contributed by atoms with Gasteiger partial charge in [-0.3, -0.25) is 4.90 Å². The van der Waals surface area contributed by atoms with Gasteiger partial charge in [0.25, 0.3) is 0 Å². The van der Waals surface area contributed by atoms with E-state index in [2.05, 4.69) is 51.3 Å². The zero-order chi connectivity index (χ0) is 15.7. The summed E-state index contributed by atoms with van der Waals surface area (Å²) in [4.78, 5) is 5.08. The van der Waals surface area contributed by atoms with Crippen molar-refractivity contribution < 1.29 is 4.74 Å². The molecule has 2 aliphatic heterocycles. The molecule has 0 aromatic heterocycles. The van der Waals surface area contributed by atoms with Gasteiger partial charge in [0.2, 0.25) is 0 Å². The summed E-state index contributed by atoms with van der Waals surface area (Å²) in [5.74, 6) is 0.890. The first kappa shape index (κ1) is 17.2. The lowest BCUT2D eigenvalue weighted by Crippen LogP contribution is -2.59. The Morgan fingerprint density at radius 3 is 2.00 bits per heavy atom. The highest BCUT2D eigenvalue weighted by Crippen LogP contribution is 2.34. The van der Waals surface area contributed by atoms with E-state index in [9.17, 15) is 0 Å². The predicted octanol–water partition coefficient (Wildman–Crippen LogP) is 3.24. The van der Waals surface area contributed by atoms with Crippen LogP contribution < -0.4 is 0 Å². The van der Waals surface area contributed by atoms with Gasteiger partial charge in [-0.1, -0.05) is 20.8 Å². The molecule has 0 saturated carbocycles. The first-order valence-corrected chi connectivity index (χ1v) is 8.75. The van der Waals surface area contributed by atoms with Crippen LogP contribution in [0.3, 0.4) is 0 Å². The van der Waals surface area contributed by atoms with Crippen LogP contribution in [0.5, 0.6) is 0 Å². The van der Waals surface area contributed by atoms with Crippen LogP contribution in [0.4, 0.5) is 0 Å². The number of likely N-dealkylation sites (tertiary alicyclic amines) is 2. The van der Waals surface area contributed by atoms with E-state index in [0.717, 1.165) is 32.2 Å². The van der Waals surface area contributed by atoms with E-state index in [4.69, 9.17) is 4.74 Å². The Bertz CT molecular complexity index is 315. The van der Waals surface area contributed by atoms with Crippen LogP contribution in [0.2, 0.25) is 0 Å². The van der Waals surface area contributed by atoms with E-state index in [-0.39, 0.29) is 0 Å². The van der Waals surface area contributed by atoms with Crippen LogP contribution in [0, 0.1) is 11.3 Å². The first-order chi connectivity index (χ1) is 9.66. The first-order valence-electron chi connectivity index (χ1n) is 8.75. The predicted molar refractivity (Wildman–Crippen MR) is 89.7 cm³/mol.